The Balaban J connectivity index is 2.99. The maximum Gasteiger partial charge on any atom is 0.131 e. The zero-order chi connectivity index (χ0) is 11.4. The molecule has 1 unspecified atom stereocenters. The molecule has 4 heteroatoms. The van der Waals surface area contributed by atoms with E-state index >= 15 is 0 Å². The molecule has 0 aliphatic carbocycles. The van der Waals surface area contributed by atoms with Crippen LogP contribution in [0, 0.1) is 6.92 Å². The first-order valence-electron chi connectivity index (χ1n) is 5.38. The van der Waals surface area contributed by atoms with Gasteiger partial charge in [0, 0.05) is 17.2 Å². The zero-order valence-corrected chi connectivity index (χ0v) is 10.7. The largest absolute Gasteiger partial charge is 0.383 e. The van der Waals surface area contributed by atoms with Gasteiger partial charge in [-0.05, 0) is 13.3 Å². The van der Waals surface area contributed by atoms with Crippen molar-refractivity contribution in [3.63, 3.8) is 0 Å². The summed E-state index contributed by atoms with van der Waals surface area (Å²) in [7, 11) is 0. The SMILES string of the molecule is CCc1nc(N)c(C)c(SC(C)CC)n1. The molecule has 0 aliphatic rings. The van der Waals surface area contributed by atoms with Crippen molar-refractivity contribution in [2.24, 2.45) is 0 Å². The van der Waals surface area contributed by atoms with Crippen LogP contribution in [0.5, 0.6) is 0 Å². The molecular formula is C11H19N3S. The van der Waals surface area contributed by atoms with Crippen molar-refractivity contribution in [3.8, 4) is 0 Å². The molecule has 2 N–H and O–H groups in total. The van der Waals surface area contributed by atoms with Gasteiger partial charge in [0.2, 0.25) is 0 Å². The van der Waals surface area contributed by atoms with Gasteiger partial charge in [-0.1, -0.05) is 20.8 Å². The fourth-order valence-electron chi connectivity index (χ4n) is 1.11. The van der Waals surface area contributed by atoms with E-state index in [1.54, 1.807) is 11.8 Å². The van der Waals surface area contributed by atoms with Gasteiger partial charge in [-0.2, -0.15) is 0 Å². The van der Waals surface area contributed by atoms with Gasteiger partial charge in [0.25, 0.3) is 0 Å². The van der Waals surface area contributed by atoms with Gasteiger partial charge < -0.3 is 5.73 Å². The second-order valence-electron chi connectivity index (χ2n) is 3.65. The lowest BCUT2D eigenvalue weighted by atomic mass is 10.3. The van der Waals surface area contributed by atoms with E-state index in [4.69, 9.17) is 5.73 Å². The van der Waals surface area contributed by atoms with Crippen molar-refractivity contribution in [1.82, 2.24) is 9.97 Å². The minimum atomic E-state index is 0.572. The summed E-state index contributed by atoms with van der Waals surface area (Å²) in [6.07, 6.45) is 1.97. The Morgan fingerprint density at radius 2 is 2.00 bits per heavy atom. The van der Waals surface area contributed by atoms with Gasteiger partial charge in [-0.3, -0.25) is 0 Å². The van der Waals surface area contributed by atoms with Crippen LogP contribution in [0.25, 0.3) is 0 Å². The number of aromatic nitrogens is 2. The number of nitrogens with two attached hydrogens (primary N) is 1. The molecule has 1 rings (SSSR count). The normalized spacial score (nSPS) is 12.8. The highest BCUT2D eigenvalue weighted by Crippen LogP contribution is 2.28. The molecule has 1 heterocycles. The minimum absolute atomic E-state index is 0.572. The van der Waals surface area contributed by atoms with Crippen LogP contribution >= 0.6 is 11.8 Å². The molecule has 0 spiro atoms. The number of aryl methyl sites for hydroxylation is 1. The van der Waals surface area contributed by atoms with Crippen LogP contribution < -0.4 is 5.73 Å². The van der Waals surface area contributed by atoms with Crippen LogP contribution in [0.15, 0.2) is 5.03 Å². The number of hydrogen-bond acceptors (Lipinski definition) is 4. The molecule has 84 valence electrons. The molecule has 0 aromatic carbocycles. The minimum Gasteiger partial charge on any atom is -0.383 e. The molecule has 0 saturated heterocycles. The third-order valence-electron chi connectivity index (χ3n) is 2.39. The van der Waals surface area contributed by atoms with E-state index in [-0.39, 0.29) is 0 Å². The maximum atomic E-state index is 5.85. The van der Waals surface area contributed by atoms with Crippen LogP contribution in [-0.2, 0) is 6.42 Å². The molecule has 0 bridgehead atoms. The zero-order valence-electron chi connectivity index (χ0n) is 9.87. The third kappa shape index (κ3) is 3.09. The monoisotopic (exact) mass is 225 g/mol. The van der Waals surface area contributed by atoms with Crippen molar-refractivity contribution in [2.75, 3.05) is 5.73 Å². The van der Waals surface area contributed by atoms with Gasteiger partial charge >= 0.3 is 0 Å². The molecule has 1 atom stereocenters. The van der Waals surface area contributed by atoms with Crippen molar-refractivity contribution in [2.45, 2.75) is 50.8 Å². The van der Waals surface area contributed by atoms with Crippen LogP contribution in [0.1, 0.15) is 38.6 Å². The Morgan fingerprint density at radius 3 is 2.53 bits per heavy atom. The molecule has 15 heavy (non-hydrogen) atoms. The summed E-state index contributed by atoms with van der Waals surface area (Å²) >= 11 is 1.78. The predicted octanol–water partition coefficient (Wildman–Crippen LogP) is 2.82. The van der Waals surface area contributed by atoms with Crippen molar-refractivity contribution in [3.05, 3.63) is 11.4 Å². The Morgan fingerprint density at radius 1 is 1.33 bits per heavy atom. The number of nitrogens with zero attached hydrogens (tertiary/aromatic N) is 2. The summed E-state index contributed by atoms with van der Waals surface area (Å²) in [5, 5.41) is 1.61. The Labute approximate surface area is 95.9 Å². The second-order valence-corrected chi connectivity index (χ2v) is 5.07. The quantitative estimate of drug-likeness (QED) is 0.632. The number of rotatable bonds is 4. The average Bonchev–Trinajstić information content (AvgIpc) is 2.24. The van der Waals surface area contributed by atoms with Gasteiger partial charge in [0.1, 0.15) is 16.7 Å². The topological polar surface area (TPSA) is 51.8 Å². The molecule has 0 saturated carbocycles. The van der Waals surface area contributed by atoms with Gasteiger partial charge in [-0.25, -0.2) is 9.97 Å². The first-order chi connectivity index (χ1) is 7.08. The smallest absolute Gasteiger partial charge is 0.131 e. The first kappa shape index (κ1) is 12.3. The highest BCUT2D eigenvalue weighted by Gasteiger charge is 2.11. The Kier molecular flexibility index (Phi) is 4.39. The van der Waals surface area contributed by atoms with Gasteiger partial charge in [0.15, 0.2) is 0 Å². The Bertz CT molecular complexity index is 339. The highest BCUT2D eigenvalue weighted by atomic mass is 32.2. The van der Waals surface area contributed by atoms with Gasteiger partial charge in [-0.15, -0.1) is 11.8 Å². The fourth-order valence-corrected chi connectivity index (χ4v) is 2.09. The molecule has 0 amide bonds. The first-order valence-corrected chi connectivity index (χ1v) is 6.26. The second kappa shape index (κ2) is 5.35. The van der Waals surface area contributed by atoms with Crippen LogP contribution in [0.4, 0.5) is 5.82 Å². The van der Waals surface area contributed by atoms with Crippen LogP contribution in [-0.4, -0.2) is 15.2 Å². The molecule has 1 aromatic heterocycles. The summed E-state index contributed by atoms with van der Waals surface area (Å²) < 4.78 is 0. The predicted molar refractivity (Wildman–Crippen MR) is 66.2 cm³/mol. The van der Waals surface area contributed by atoms with E-state index in [0.29, 0.717) is 11.1 Å². The molecule has 3 nitrogen and oxygen atoms in total. The van der Waals surface area contributed by atoms with Crippen LogP contribution in [0.2, 0.25) is 0 Å². The maximum absolute atomic E-state index is 5.85. The standard InChI is InChI=1S/C11H19N3S/c1-5-7(3)15-11-8(4)10(12)13-9(6-2)14-11/h7H,5-6H2,1-4H3,(H2,12,13,14). The van der Waals surface area contributed by atoms with E-state index in [2.05, 4.69) is 23.8 Å². The van der Waals surface area contributed by atoms with E-state index in [0.717, 1.165) is 29.3 Å². The Hall–Kier alpha value is -0.770. The van der Waals surface area contributed by atoms with Crippen molar-refractivity contribution >= 4 is 17.6 Å². The average molecular weight is 225 g/mol. The lowest BCUT2D eigenvalue weighted by molar-refractivity contribution is 0.861. The van der Waals surface area contributed by atoms with E-state index in [1.165, 1.54) is 0 Å². The number of thioether (sulfide) groups is 1. The molecular weight excluding hydrogens is 206 g/mol. The summed E-state index contributed by atoms with van der Waals surface area (Å²) in [5.41, 5.74) is 6.86. The van der Waals surface area contributed by atoms with Gasteiger partial charge in [0.05, 0.1) is 0 Å². The lowest BCUT2D eigenvalue weighted by Gasteiger charge is -2.12. The molecule has 1 aromatic rings. The third-order valence-corrected chi connectivity index (χ3v) is 3.75. The number of anilines is 1. The number of nitrogen functional groups attached to an aromatic ring is 1. The van der Waals surface area contributed by atoms with E-state index in [9.17, 15) is 0 Å². The van der Waals surface area contributed by atoms with E-state index < -0.39 is 0 Å². The summed E-state index contributed by atoms with van der Waals surface area (Å²) in [5.74, 6) is 1.46. The van der Waals surface area contributed by atoms with Crippen molar-refractivity contribution in [1.29, 1.82) is 0 Å². The van der Waals surface area contributed by atoms with Crippen molar-refractivity contribution < 1.29 is 0 Å². The number of hydrogen-bond donors (Lipinski definition) is 1. The summed E-state index contributed by atoms with van der Waals surface area (Å²) in [4.78, 5) is 8.75. The van der Waals surface area contributed by atoms with Crippen LogP contribution in [0.3, 0.4) is 0 Å². The summed E-state index contributed by atoms with van der Waals surface area (Å²) in [6.45, 7) is 8.41. The summed E-state index contributed by atoms with van der Waals surface area (Å²) in [6, 6.07) is 0. The molecule has 0 aliphatic heterocycles. The fraction of sp³-hybridized carbons (Fsp3) is 0.636. The highest BCUT2D eigenvalue weighted by molar-refractivity contribution is 7.99. The lowest BCUT2D eigenvalue weighted by Crippen LogP contribution is -2.05. The molecule has 0 radical (unpaired) electrons. The van der Waals surface area contributed by atoms with E-state index in [1.807, 2.05) is 13.8 Å². The molecule has 0 fully saturated rings.